The minimum absolute atomic E-state index is 0.0458. The molecule has 1 aromatic rings. The molecule has 1 aliphatic rings. The number of carbonyl (C=O) groups is 2. The van der Waals surface area contributed by atoms with E-state index in [1.165, 1.54) is 17.0 Å². The number of nitrogens with one attached hydrogen (secondary N) is 2. The molecule has 0 aliphatic carbocycles. The predicted molar refractivity (Wildman–Crippen MR) is 111 cm³/mol. The Morgan fingerprint density at radius 3 is 2.03 bits per heavy atom. The summed E-state index contributed by atoms with van der Waals surface area (Å²) in [4.78, 5) is 26.0. The number of benzene rings is 1. The normalized spacial score (nSPS) is 17.5. The Balaban J connectivity index is 2.24. The molecule has 1 fully saturated rings. The Bertz CT molecular complexity index is 868. The summed E-state index contributed by atoms with van der Waals surface area (Å²) in [5.74, 6) is -0.822. The van der Waals surface area contributed by atoms with E-state index < -0.39 is 27.1 Å². The van der Waals surface area contributed by atoms with Gasteiger partial charge in [0.15, 0.2) is 0 Å². The average Bonchev–Trinajstić information content (AvgIpc) is 2.98. The largest absolute Gasteiger partial charge is 0.339 e. The first kappa shape index (κ1) is 23.1. The summed E-state index contributed by atoms with van der Waals surface area (Å²) in [5, 5.41) is 1.60. The maximum Gasteiger partial charge on any atom is 0.332 e. The zero-order valence-corrected chi connectivity index (χ0v) is 18.6. The monoisotopic (exact) mass is 427 g/mol. The summed E-state index contributed by atoms with van der Waals surface area (Å²) in [7, 11) is -4.05. The molecule has 162 valence electrons. The van der Waals surface area contributed by atoms with Crippen molar-refractivity contribution in [2.45, 2.75) is 71.1 Å². The van der Waals surface area contributed by atoms with E-state index in [2.05, 4.69) is 5.32 Å². The molecule has 2 rings (SSSR count). The van der Waals surface area contributed by atoms with Gasteiger partial charge in [0.2, 0.25) is 15.9 Å². The van der Waals surface area contributed by atoms with Crippen molar-refractivity contribution in [2.75, 3.05) is 11.9 Å². The fourth-order valence-corrected chi connectivity index (χ4v) is 4.66. The third-order valence-corrected chi connectivity index (χ3v) is 6.73. The number of urea groups is 1. The Hall–Kier alpha value is -2.16. The van der Waals surface area contributed by atoms with Gasteiger partial charge in [-0.2, -0.15) is 0 Å². The van der Waals surface area contributed by atoms with Gasteiger partial charge in [0, 0.05) is 24.7 Å². The van der Waals surface area contributed by atoms with Crippen LogP contribution in [0.3, 0.4) is 0 Å². The summed E-state index contributed by atoms with van der Waals surface area (Å²) >= 11 is 0. The van der Waals surface area contributed by atoms with Crippen LogP contribution in [0.2, 0.25) is 0 Å². The number of rotatable bonds is 6. The van der Waals surface area contributed by atoms with Crippen LogP contribution in [0, 0.1) is 5.82 Å². The molecular weight excluding hydrogens is 397 g/mol. The highest BCUT2D eigenvalue weighted by Gasteiger charge is 2.40. The first-order valence-corrected chi connectivity index (χ1v) is 11.3. The molecule has 1 aromatic carbocycles. The van der Waals surface area contributed by atoms with Crippen molar-refractivity contribution in [3.63, 3.8) is 0 Å². The highest BCUT2D eigenvalue weighted by Crippen LogP contribution is 2.33. The second kappa shape index (κ2) is 8.69. The molecule has 9 heteroatoms. The van der Waals surface area contributed by atoms with E-state index in [0.29, 0.717) is 16.8 Å². The van der Waals surface area contributed by atoms with Crippen molar-refractivity contribution < 1.29 is 22.4 Å². The Morgan fingerprint density at radius 2 is 1.62 bits per heavy atom. The van der Waals surface area contributed by atoms with Gasteiger partial charge in [-0.05, 0) is 48.9 Å². The molecule has 1 unspecified atom stereocenters. The lowest BCUT2D eigenvalue weighted by Crippen LogP contribution is -2.42. The van der Waals surface area contributed by atoms with E-state index in [1.54, 1.807) is 0 Å². The number of anilines is 1. The van der Waals surface area contributed by atoms with Crippen LogP contribution in [0.1, 0.15) is 70.9 Å². The first-order valence-electron chi connectivity index (χ1n) is 9.78. The van der Waals surface area contributed by atoms with Crippen molar-refractivity contribution in [3.8, 4) is 0 Å². The molecule has 0 bridgehead atoms. The van der Waals surface area contributed by atoms with Crippen LogP contribution in [-0.4, -0.2) is 43.1 Å². The van der Waals surface area contributed by atoms with Crippen LogP contribution >= 0.6 is 0 Å². The molecule has 1 saturated heterocycles. The quantitative estimate of drug-likeness (QED) is 0.726. The molecule has 0 spiro atoms. The van der Waals surface area contributed by atoms with Gasteiger partial charge in [-0.1, -0.05) is 27.7 Å². The average molecular weight is 428 g/mol. The molecule has 0 radical (unpaired) electrons. The minimum Gasteiger partial charge on any atom is -0.339 e. The third-order valence-electron chi connectivity index (χ3n) is 5.07. The molecule has 0 aromatic heterocycles. The maximum absolute atomic E-state index is 14.0. The summed E-state index contributed by atoms with van der Waals surface area (Å²) in [6.45, 7) is 11.1. The van der Waals surface area contributed by atoms with Gasteiger partial charge in [0.05, 0.1) is 0 Å². The standard InChI is InChI=1S/C20H30FN3O4S/c1-11(2)16-7-14(21)8-17(12(3)4)19(16)22-20(26)23-29(27,28)15-9-18(25)24(10-15)13(5)6/h7-8,11-13,15H,9-10H2,1-6H3,(H2,22,23,26). The van der Waals surface area contributed by atoms with Crippen molar-refractivity contribution >= 4 is 27.6 Å². The van der Waals surface area contributed by atoms with E-state index in [0.717, 1.165) is 0 Å². The van der Waals surface area contributed by atoms with Crippen molar-refractivity contribution in [2.24, 2.45) is 0 Å². The van der Waals surface area contributed by atoms with Crippen molar-refractivity contribution in [1.29, 1.82) is 0 Å². The highest BCUT2D eigenvalue weighted by atomic mass is 32.2. The molecule has 1 aliphatic heterocycles. The van der Waals surface area contributed by atoms with Crippen LogP contribution in [0.25, 0.3) is 0 Å². The zero-order chi connectivity index (χ0) is 22.1. The van der Waals surface area contributed by atoms with Crippen molar-refractivity contribution in [1.82, 2.24) is 9.62 Å². The number of carbonyl (C=O) groups excluding carboxylic acids is 2. The van der Waals surface area contributed by atoms with Crippen LogP contribution in [0.4, 0.5) is 14.9 Å². The van der Waals surface area contributed by atoms with Crippen molar-refractivity contribution in [3.05, 3.63) is 29.1 Å². The van der Waals surface area contributed by atoms with Gasteiger partial charge in [-0.25, -0.2) is 22.3 Å². The van der Waals surface area contributed by atoms with Gasteiger partial charge >= 0.3 is 6.03 Å². The summed E-state index contributed by atoms with van der Waals surface area (Å²) in [6.07, 6.45) is -0.161. The molecule has 3 amide bonds. The number of hydrogen-bond donors (Lipinski definition) is 2. The second-order valence-corrected chi connectivity index (χ2v) is 10.3. The van der Waals surface area contributed by atoms with Crippen LogP contribution in [0.15, 0.2) is 12.1 Å². The summed E-state index contributed by atoms with van der Waals surface area (Å²) in [5.41, 5.74) is 1.59. The number of amides is 3. The smallest absolute Gasteiger partial charge is 0.332 e. The Kier molecular flexibility index (Phi) is 6.93. The van der Waals surface area contributed by atoms with E-state index in [-0.39, 0.29) is 36.8 Å². The summed E-state index contributed by atoms with van der Waals surface area (Å²) < 4.78 is 41.3. The Morgan fingerprint density at radius 1 is 1.10 bits per heavy atom. The van der Waals surface area contributed by atoms with Gasteiger partial charge in [-0.15, -0.1) is 0 Å². The maximum atomic E-state index is 14.0. The fourth-order valence-electron chi connectivity index (χ4n) is 3.46. The fraction of sp³-hybridized carbons (Fsp3) is 0.600. The summed E-state index contributed by atoms with van der Waals surface area (Å²) in [6, 6.07) is 1.65. The number of nitrogens with zero attached hydrogens (tertiary/aromatic N) is 1. The van der Waals surface area contributed by atoms with Crippen LogP contribution < -0.4 is 10.0 Å². The molecule has 2 N–H and O–H groups in total. The second-order valence-electron chi connectivity index (χ2n) is 8.34. The lowest BCUT2D eigenvalue weighted by atomic mass is 9.92. The number of sulfonamides is 1. The SMILES string of the molecule is CC(C)c1cc(F)cc(C(C)C)c1NC(=O)NS(=O)(=O)C1CC(=O)N(C(C)C)C1. The number of likely N-dealkylation sites (tertiary alicyclic amines) is 1. The number of hydrogen-bond acceptors (Lipinski definition) is 4. The minimum atomic E-state index is -4.05. The lowest BCUT2D eigenvalue weighted by Gasteiger charge is -2.22. The van der Waals surface area contributed by atoms with E-state index in [9.17, 15) is 22.4 Å². The topological polar surface area (TPSA) is 95.6 Å². The molecule has 1 atom stereocenters. The van der Waals surface area contributed by atoms with E-state index >= 15 is 0 Å². The zero-order valence-electron chi connectivity index (χ0n) is 17.7. The van der Waals surface area contributed by atoms with Gasteiger partial charge in [0.25, 0.3) is 0 Å². The molecular formula is C20H30FN3O4S. The van der Waals surface area contributed by atoms with Gasteiger partial charge in [0.1, 0.15) is 11.1 Å². The molecule has 0 saturated carbocycles. The lowest BCUT2D eigenvalue weighted by molar-refractivity contribution is -0.129. The highest BCUT2D eigenvalue weighted by molar-refractivity contribution is 7.90. The van der Waals surface area contributed by atoms with Crippen LogP contribution in [-0.2, 0) is 14.8 Å². The van der Waals surface area contributed by atoms with Gasteiger partial charge in [-0.3, -0.25) is 4.79 Å². The predicted octanol–water partition coefficient (Wildman–Crippen LogP) is 3.53. The molecule has 29 heavy (non-hydrogen) atoms. The van der Waals surface area contributed by atoms with Gasteiger partial charge < -0.3 is 10.2 Å². The molecule has 7 nitrogen and oxygen atoms in total. The van der Waals surface area contributed by atoms with Crippen LogP contribution in [0.5, 0.6) is 0 Å². The molecule has 1 heterocycles. The van der Waals surface area contributed by atoms with E-state index in [1.807, 2.05) is 46.3 Å². The number of halogens is 1. The first-order chi connectivity index (χ1) is 13.3. The third kappa shape index (κ3) is 5.26. The van der Waals surface area contributed by atoms with E-state index in [4.69, 9.17) is 0 Å². The Labute approximate surface area is 172 Å².